The first-order valence-corrected chi connectivity index (χ1v) is 10.5. The van der Waals surface area contributed by atoms with E-state index >= 15 is 0 Å². The van der Waals surface area contributed by atoms with Crippen molar-refractivity contribution in [3.63, 3.8) is 0 Å². The highest BCUT2D eigenvalue weighted by atomic mass is 32.2. The van der Waals surface area contributed by atoms with Crippen LogP contribution in [0.2, 0.25) is 0 Å². The van der Waals surface area contributed by atoms with E-state index in [0.717, 1.165) is 37.7 Å². The maximum absolute atomic E-state index is 12.3. The molecule has 0 radical (unpaired) electrons. The van der Waals surface area contributed by atoms with E-state index in [-0.39, 0.29) is 22.8 Å². The van der Waals surface area contributed by atoms with Crippen LogP contribution in [0.1, 0.15) is 57.4 Å². The van der Waals surface area contributed by atoms with Gasteiger partial charge in [0.2, 0.25) is 15.9 Å². The summed E-state index contributed by atoms with van der Waals surface area (Å²) in [7, 11) is -3.71. The first-order chi connectivity index (χ1) is 12.2. The number of sulfonamides is 1. The average Bonchev–Trinajstić information content (AvgIpc) is 2.89. The molecular weight excluding hydrogens is 356 g/mol. The van der Waals surface area contributed by atoms with Crippen LogP contribution in [0.4, 0.5) is 0 Å². The van der Waals surface area contributed by atoms with E-state index in [0.29, 0.717) is 6.54 Å². The molecule has 1 saturated carbocycles. The number of primary sulfonamides is 1. The van der Waals surface area contributed by atoms with Crippen molar-refractivity contribution in [2.45, 2.75) is 74.5 Å². The highest BCUT2D eigenvalue weighted by Crippen LogP contribution is 2.46. The number of benzene rings is 1. The van der Waals surface area contributed by atoms with Gasteiger partial charge in [-0.05, 0) is 37.5 Å². The molecule has 1 saturated heterocycles. The lowest BCUT2D eigenvalue weighted by molar-refractivity contribution is -0.351. The molecule has 1 unspecified atom stereocenters. The summed E-state index contributed by atoms with van der Waals surface area (Å²) in [5, 5.41) is 7.92. The van der Waals surface area contributed by atoms with Crippen LogP contribution in [0, 0.1) is 0 Å². The number of nitrogens with two attached hydrogens (primary N) is 1. The van der Waals surface area contributed by atoms with Crippen LogP contribution < -0.4 is 10.5 Å². The minimum atomic E-state index is -3.71. The molecule has 144 valence electrons. The second kappa shape index (κ2) is 7.26. The van der Waals surface area contributed by atoms with Crippen molar-refractivity contribution < 1.29 is 23.0 Å². The molecule has 2 aliphatic rings. The first kappa shape index (κ1) is 19.3. The average molecular weight is 382 g/mol. The number of rotatable bonds is 5. The molecule has 1 spiro atoms. The minimum Gasteiger partial charge on any atom is -0.352 e. The highest BCUT2D eigenvalue weighted by molar-refractivity contribution is 7.89. The van der Waals surface area contributed by atoms with Gasteiger partial charge in [0.1, 0.15) is 11.2 Å². The van der Waals surface area contributed by atoms with E-state index in [9.17, 15) is 13.2 Å². The Hall–Kier alpha value is -1.48. The van der Waals surface area contributed by atoms with Gasteiger partial charge >= 0.3 is 0 Å². The van der Waals surface area contributed by atoms with Gasteiger partial charge < -0.3 is 5.32 Å². The molecule has 2 fully saturated rings. The van der Waals surface area contributed by atoms with Crippen LogP contribution in [-0.4, -0.2) is 25.5 Å². The summed E-state index contributed by atoms with van der Waals surface area (Å²) in [5.41, 5.74) is -0.0429. The second-order valence-electron chi connectivity index (χ2n) is 7.68. The van der Waals surface area contributed by atoms with Crippen molar-refractivity contribution in [2.75, 3.05) is 0 Å². The Morgan fingerprint density at radius 3 is 2.42 bits per heavy atom. The van der Waals surface area contributed by atoms with Gasteiger partial charge in [0.05, 0.1) is 11.3 Å². The van der Waals surface area contributed by atoms with Crippen molar-refractivity contribution in [3.8, 4) is 0 Å². The van der Waals surface area contributed by atoms with E-state index in [2.05, 4.69) is 5.32 Å². The fraction of sp³-hybridized carbons (Fsp3) is 0.611. The predicted molar refractivity (Wildman–Crippen MR) is 95.3 cm³/mol. The van der Waals surface area contributed by atoms with Crippen molar-refractivity contribution >= 4 is 15.9 Å². The SMILES string of the molecule is CC1(CC(=O)NCc2ccc(S(N)(=O)=O)cc2)CC2(CCCCC2)OO1. The molecule has 0 aromatic heterocycles. The lowest BCUT2D eigenvalue weighted by Gasteiger charge is -2.30. The van der Waals surface area contributed by atoms with Crippen LogP contribution in [0.5, 0.6) is 0 Å². The third-order valence-corrected chi connectivity index (χ3v) is 6.09. The maximum Gasteiger partial charge on any atom is 0.238 e. The molecule has 0 bridgehead atoms. The van der Waals surface area contributed by atoms with Gasteiger partial charge in [0, 0.05) is 13.0 Å². The second-order valence-corrected chi connectivity index (χ2v) is 9.24. The summed E-state index contributed by atoms with van der Waals surface area (Å²) in [5.74, 6) is -0.125. The fourth-order valence-corrected chi connectivity index (χ4v) is 4.39. The molecular formula is C18H26N2O5S. The van der Waals surface area contributed by atoms with Crippen LogP contribution >= 0.6 is 0 Å². The van der Waals surface area contributed by atoms with E-state index in [1.807, 2.05) is 6.92 Å². The lowest BCUT2D eigenvalue weighted by Crippen LogP contribution is -2.37. The molecule has 8 heteroatoms. The van der Waals surface area contributed by atoms with E-state index in [4.69, 9.17) is 14.9 Å². The predicted octanol–water partition coefficient (Wildman–Crippen LogP) is 2.15. The summed E-state index contributed by atoms with van der Waals surface area (Å²) >= 11 is 0. The zero-order valence-corrected chi connectivity index (χ0v) is 15.8. The largest absolute Gasteiger partial charge is 0.352 e. The number of carbonyl (C=O) groups is 1. The topological polar surface area (TPSA) is 108 Å². The smallest absolute Gasteiger partial charge is 0.238 e. The van der Waals surface area contributed by atoms with Crippen molar-refractivity contribution in [3.05, 3.63) is 29.8 Å². The third-order valence-electron chi connectivity index (χ3n) is 5.16. The van der Waals surface area contributed by atoms with Crippen LogP contribution in [0.25, 0.3) is 0 Å². The Balaban J connectivity index is 1.51. The van der Waals surface area contributed by atoms with Crippen LogP contribution in [0.15, 0.2) is 29.2 Å². The minimum absolute atomic E-state index is 0.0503. The molecule has 26 heavy (non-hydrogen) atoms. The van der Waals surface area contributed by atoms with E-state index in [1.54, 1.807) is 12.1 Å². The summed E-state index contributed by atoms with van der Waals surface area (Å²) in [6, 6.07) is 6.12. The van der Waals surface area contributed by atoms with Crippen LogP contribution in [-0.2, 0) is 31.1 Å². The number of hydrogen-bond acceptors (Lipinski definition) is 5. The van der Waals surface area contributed by atoms with Gasteiger partial charge in [0.15, 0.2) is 0 Å². The number of carbonyl (C=O) groups excluding carboxylic acids is 1. The maximum atomic E-state index is 12.3. The molecule has 1 amide bonds. The number of nitrogens with one attached hydrogen (secondary N) is 1. The monoisotopic (exact) mass is 382 g/mol. The van der Waals surface area contributed by atoms with E-state index < -0.39 is 15.6 Å². The number of amides is 1. The summed E-state index contributed by atoms with van der Waals surface area (Å²) in [4.78, 5) is 23.6. The molecule has 3 rings (SSSR count). The standard InChI is InChI=1S/C18H26N2O5S/c1-17(13-18(25-24-17)9-3-2-4-10-18)11-16(21)20-12-14-5-7-15(8-6-14)26(19,22)23/h5-8H,2-4,9-13H2,1H3,(H,20,21)(H2,19,22,23). The highest BCUT2D eigenvalue weighted by Gasteiger charge is 2.50. The molecule has 1 heterocycles. The molecule has 7 nitrogen and oxygen atoms in total. The fourth-order valence-electron chi connectivity index (χ4n) is 3.88. The van der Waals surface area contributed by atoms with Crippen molar-refractivity contribution in [2.24, 2.45) is 5.14 Å². The van der Waals surface area contributed by atoms with E-state index in [1.165, 1.54) is 18.6 Å². The molecule has 1 aliphatic heterocycles. The Morgan fingerprint density at radius 1 is 1.15 bits per heavy atom. The summed E-state index contributed by atoms with van der Waals surface area (Å²) in [6.45, 7) is 2.22. The van der Waals surface area contributed by atoms with Crippen LogP contribution in [0.3, 0.4) is 0 Å². The van der Waals surface area contributed by atoms with Gasteiger partial charge in [-0.2, -0.15) is 0 Å². The zero-order chi connectivity index (χ0) is 18.8. The third kappa shape index (κ3) is 4.62. The molecule has 1 aromatic carbocycles. The molecule has 1 aliphatic carbocycles. The Kier molecular flexibility index (Phi) is 5.39. The Bertz CT molecular complexity index is 756. The molecule has 1 aromatic rings. The summed E-state index contributed by atoms with van der Waals surface area (Å²) in [6.07, 6.45) is 6.44. The Morgan fingerprint density at radius 2 is 1.81 bits per heavy atom. The molecule has 1 atom stereocenters. The quantitative estimate of drug-likeness (QED) is 0.759. The van der Waals surface area contributed by atoms with Gasteiger partial charge in [-0.15, -0.1) is 0 Å². The molecule has 3 N–H and O–H groups in total. The van der Waals surface area contributed by atoms with Gasteiger partial charge in [-0.1, -0.05) is 31.4 Å². The zero-order valence-electron chi connectivity index (χ0n) is 15.0. The van der Waals surface area contributed by atoms with Gasteiger partial charge in [0.25, 0.3) is 0 Å². The normalized spacial score (nSPS) is 25.3. The van der Waals surface area contributed by atoms with Crippen molar-refractivity contribution in [1.29, 1.82) is 0 Å². The van der Waals surface area contributed by atoms with Gasteiger partial charge in [-0.25, -0.2) is 23.3 Å². The Labute approximate surface area is 154 Å². The van der Waals surface area contributed by atoms with Crippen molar-refractivity contribution in [1.82, 2.24) is 5.32 Å². The number of hydrogen-bond donors (Lipinski definition) is 2. The van der Waals surface area contributed by atoms with Gasteiger partial charge in [-0.3, -0.25) is 4.79 Å². The summed E-state index contributed by atoms with van der Waals surface area (Å²) < 4.78 is 22.5. The first-order valence-electron chi connectivity index (χ1n) is 8.95. The lowest BCUT2D eigenvalue weighted by atomic mass is 9.77.